The SMILES string of the molecule is O=C1CC(CBr)CN1c1ccc(Cl)cc1. The second-order valence-electron chi connectivity index (χ2n) is 3.71. The molecule has 0 bridgehead atoms. The molecule has 1 unspecified atom stereocenters. The summed E-state index contributed by atoms with van der Waals surface area (Å²) in [5.74, 6) is 0.620. The van der Waals surface area contributed by atoms with Crippen molar-refractivity contribution in [3.05, 3.63) is 29.3 Å². The monoisotopic (exact) mass is 287 g/mol. The summed E-state index contributed by atoms with van der Waals surface area (Å²) in [6, 6.07) is 7.39. The predicted octanol–water partition coefficient (Wildman–Crippen LogP) is 3.09. The third kappa shape index (κ3) is 2.34. The molecule has 0 saturated carbocycles. The molecule has 1 atom stereocenters. The highest BCUT2D eigenvalue weighted by atomic mass is 79.9. The Balaban J connectivity index is 2.18. The summed E-state index contributed by atoms with van der Waals surface area (Å²) in [7, 11) is 0. The number of alkyl halides is 1. The molecule has 1 amide bonds. The van der Waals surface area contributed by atoms with Crippen LogP contribution in [0.4, 0.5) is 5.69 Å². The van der Waals surface area contributed by atoms with Gasteiger partial charge in [0.2, 0.25) is 5.91 Å². The zero-order chi connectivity index (χ0) is 10.8. The lowest BCUT2D eigenvalue weighted by atomic mass is 10.2. The molecular formula is C11H11BrClNO. The van der Waals surface area contributed by atoms with E-state index in [9.17, 15) is 4.79 Å². The lowest BCUT2D eigenvalue weighted by molar-refractivity contribution is -0.117. The Bertz CT molecular complexity index is 365. The number of hydrogen-bond donors (Lipinski definition) is 0. The molecule has 15 heavy (non-hydrogen) atoms. The van der Waals surface area contributed by atoms with Gasteiger partial charge in [-0.15, -0.1) is 0 Å². The van der Waals surface area contributed by atoms with Gasteiger partial charge in [-0.2, -0.15) is 0 Å². The first-order valence-corrected chi connectivity index (χ1v) is 6.32. The predicted molar refractivity (Wildman–Crippen MR) is 65.7 cm³/mol. The van der Waals surface area contributed by atoms with Gasteiger partial charge in [-0.3, -0.25) is 4.79 Å². The van der Waals surface area contributed by atoms with Crippen molar-refractivity contribution in [3.63, 3.8) is 0 Å². The molecule has 0 aromatic heterocycles. The maximum Gasteiger partial charge on any atom is 0.227 e. The van der Waals surface area contributed by atoms with Gasteiger partial charge in [-0.25, -0.2) is 0 Å². The van der Waals surface area contributed by atoms with Gasteiger partial charge >= 0.3 is 0 Å². The molecule has 0 radical (unpaired) electrons. The van der Waals surface area contributed by atoms with Crippen molar-refractivity contribution < 1.29 is 4.79 Å². The number of carbonyl (C=O) groups is 1. The number of benzene rings is 1. The molecule has 1 aliphatic heterocycles. The average molecular weight is 289 g/mol. The molecule has 1 heterocycles. The highest BCUT2D eigenvalue weighted by molar-refractivity contribution is 9.09. The molecule has 4 heteroatoms. The summed E-state index contributed by atoms with van der Waals surface area (Å²) < 4.78 is 0. The highest BCUT2D eigenvalue weighted by Crippen LogP contribution is 2.26. The maximum absolute atomic E-state index is 11.7. The van der Waals surface area contributed by atoms with E-state index in [1.165, 1.54) is 0 Å². The standard InChI is InChI=1S/C11H11BrClNO/c12-6-8-5-11(15)14(7-8)10-3-1-9(13)2-4-10/h1-4,8H,5-7H2. The Morgan fingerprint density at radius 1 is 1.40 bits per heavy atom. The smallest absolute Gasteiger partial charge is 0.227 e. The summed E-state index contributed by atoms with van der Waals surface area (Å²) in [5.41, 5.74) is 0.938. The lowest BCUT2D eigenvalue weighted by Gasteiger charge is -2.16. The van der Waals surface area contributed by atoms with Crippen molar-refractivity contribution >= 4 is 39.1 Å². The second kappa shape index (κ2) is 4.54. The number of carbonyl (C=O) groups excluding carboxylic acids is 1. The molecular weight excluding hydrogens is 277 g/mol. The molecule has 2 rings (SSSR count). The van der Waals surface area contributed by atoms with E-state index in [2.05, 4.69) is 15.9 Å². The first kappa shape index (κ1) is 11.0. The number of nitrogens with zero attached hydrogens (tertiary/aromatic N) is 1. The number of anilines is 1. The number of rotatable bonds is 2. The van der Waals surface area contributed by atoms with Crippen molar-refractivity contribution in [2.75, 3.05) is 16.8 Å². The molecule has 1 aromatic rings. The Morgan fingerprint density at radius 3 is 2.60 bits per heavy atom. The Kier molecular flexibility index (Phi) is 3.32. The number of hydrogen-bond acceptors (Lipinski definition) is 1. The quantitative estimate of drug-likeness (QED) is 0.766. The zero-order valence-corrected chi connectivity index (χ0v) is 10.5. The molecule has 1 aromatic carbocycles. The Labute approximate surface area is 102 Å². The molecule has 1 fully saturated rings. The maximum atomic E-state index is 11.7. The molecule has 1 aliphatic rings. The van der Waals surface area contributed by atoms with E-state index in [1.54, 1.807) is 0 Å². The molecule has 0 N–H and O–H groups in total. The van der Waals surface area contributed by atoms with Gasteiger partial charge in [0.05, 0.1) is 0 Å². The van der Waals surface area contributed by atoms with Crippen LogP contribution in [0, 0.1) is 5.92 Å². The number of halogens is 2. The van der Waals surface area contributed by atoms with Crippen LogP contribution in [0.15, 0.2) is 24.3 Å². The van der Waals surface area contributed by atoms with Crippen LogP contribution in [0.25, 0.3) is 0 Å². The van der Waals surface area contributed by atoms with Crippen molar-refractivity contribution in [3.8, 4) is 0 Å². The number of amides is 1. The summed E-state index contributed by atoms with van der Waals surface area (Å²) in [4.78, 5) is 13.5. The third-order valence-electron chi connectivity index (χ3n) is 2.56. The summed E-state index contributed by atoms with van der Waals surface area (Å²) in [5, 5.41) is 1.57. The van der Waals surface area contributed by atoms with E-state index in [4.69, 9.17) is 11.6 Å². The van der Waals surface area contributed by atoms with Crippen molar-refractivity contribution in [1.29, 1.82) is 0 Å². The molecule has 80 valence electrons. The van der Waals surface area contributed by atoms with Crippen LogP contribution in [0.3, 0.4) is 0 Å². The fourth-order valence-corrected chi connectivity index (χ4v) is 2.32. The minimum atomic E-state index is 0.196. The van der Waals surface area contributed by atoms with Gasteiger partial charge in [0, 0.05) is 29.0 Å². The van der Waals surface area contributed by atoms with Crippen molar-refractivity contribution in [2.45, 2.75) is 6.42 Å². The van der Waals surface area contributed by atoms with Gasteiger partial charge in [0.15, 0.2) is 0 Å². The van der Waals surface area contributed by atoms with Crippen molar-refractivity contribution in [2.24, 2.45) is 5.92 Å². The lowest BCUT2D eigenvalue weighted by Crippen LogP contribution is -2.24. The molecule has 0 spiro atoms. The minimum Gasteiger partial charge on any atom is -0.312 e. The van der Waals surface area contributed by atoms with E-state index in [1.807, 2.05) is 29.2 Å². The third-order valence-corrected chi connectivity index (χ3v) is 3.73. The fourth-order valence-electron chi connectivity index (χ4n) is 1.76. The molecule has 0 aliphatic carbocycles. The first-order valence-electron chi connectivity index (χ1n) is 4.82. The first-order chi connectivity index (χ1) is 7.20. The Hall–Kier alpha value is -0.540. The minimum absolute atomic E-state index is 0.196. The van der Waals surface area contributed by atoms with E-state index >= 15 is 0 Å². The van der Waals surface area contributed by atoms with E-state index in [-0.39, 0.29) is 5.91 Å². The average Bonchev–Trinajstić information content (AvgIpc) is 2.61. The van der Waals surface area contributed by atoms with E-state index in [0.29, 0.717) is 17.4 Å². The van der Waals surface area contributed by atoms with Crippen LogP contribution in [-0.2, 0) is 4.79 Å². The van der Waals surface area contributed by atoms with Crippen LogP contribution >= 0.6 is 27.5 Å². The molecule has 2 nitrogen and oxygen atoms in total. The van der Waals surface area contributed by atoms with E-state index < -0.39 is 0 Å². The highest BCUT2D eigenvalue weighted by Gasteiger charge is 2.29. The topological polar surface area (TPSA) is 20.3 Å². The van der Waals surface area contributed by atoms with Crippen LogP contribution < -0.4 is 4.90 Å². The zero-order valence-electron chi connectivity index (χ0n) is 8.12. The van der Waals surface area contributed by atoms with Gasteiger partial charge < -0.3 is 4.90 Å². The second-order valence-corrected chi connectivity index (χ2v) is 4.79. The van der Waals surface area contributed by atoms with Crippen LogP contribution in [0.1, 0.15) is 6.42 Å². The summed E-state index contributed by atoms with van der Waals surface area (Å²) >= 11 is 9.22. The largest absolute Gasteiger partial charge is 0.312 e. The summed E-state index contributed by atoms with van der Waals surface area (Å²) in [6.45, 7) is 0.797. The van der Waals surface area contributed by atoms with Crippen LogP contribution in [-0.4, -0.2) is 17.8 Å². The van der Waals surface area contributed by atoms with E-state index in [0.717, 1.165) is 17.6 Å². The Morgan fingerprint density at radius 2 is 2.07 bits per heavy atom. The van der Waals surface area contributed by atoms with Gasteiger partial charge in [-0.05, 0) is 30.2 Å². The van der Waals surface area contributed by atoms with Gasteiger partial charge in [0.1, 0.15) is 0 Å². The van der Waals surface area contributed by atoms with Crippen molar-refractivity contribution in [1.82, 2.24) is 0 Å². The van der Waals surface area contributed by atoms with Gasteiger partial charge in [0.25, 0.3) is 0 Å². The van der Waals surface area contributed by atoms with Crippen LogP contribution in [0.2, 0.25) is 5.02 Å². The fraction of sp³-hybridized carbons (Fsp3) is 0.364. The molecule has 1 saturated heterocycles. The summed E-state index contributed by atoms with van der Waals surface area (Å²) in [6.07, 6.45) is 0.633. The van der Waals surface area contributed by atoms with Crippen LogP contribution in [0.5, 0.6) is 0 Å². The van der Waals surface area contributed by atoms with Gasteiger partial charge in [-0.1, -0.05) is 27.5 Å². The normalized spacial score (nSPS) is 21.1.